The summed E-state index contributed by atoms with van der Waals surface area (Å²) in [5.41, 5.74) is 12.4. The molecule has 0 aliphatic carbocycles. The molecule has 1 amide bonds. The third-order valence-electron chi connectivity index (χ3n) is 12.9. The molecule has 3 aliphatic heterocycles. The first kappa shape index (κ1) is 63.1. The number of carboxylic acids is 1. The first-order chi connectivity index (χ1) is 33.8. The molecule has 0 saturated carbocycles. The quantitative estimate of drug-likeness (QED) is 0.0650. The van der Waals surface area contributed by atoms with Crippen LogP contribution in [-0.2, 0) is 13.1 Å². The maximum atomic E-state index is 12.6. The molecule has 6 atom stereocenters. The van der Waals surface area contributed by atoms with Gasteiger partial charge in [-0.25, -0.2) is 9.64 Å². The number of aromatic carboxylic acids is 1. The van der Waals surface area contributed by atoms with Crippen LogP contribution in [0.15, 0.2) is 91.0 Å². The predicted molar refractivity (Wildman–Crippen MR) is 305 cm³/mol. The van der Waals surface area contributed by atoms with Crippen molar-refractivity contribution < 1.29 is 30.0 Å². The van der Waals surface area contributed by atoms with E-state index < -0.39 is 35.4 Å². The highest BCUT2D eigenvalue weighted by Gasteiger charge is 2.42. The average Bonchev–Trinajstić information content (AvgIpc) is 3.32. The summed E-state index contributed by atoms with van der Waals surface area (Å²) in [4.78, 5) is 27.0. The molecule has 0 radical (unpaired) electrons. The van der Waals surface area contributed by atoms with Gasteiger partial charge in [0, 0.05) is 55.8 Å². The first-order valence-corrected chi connectivity index (χ1v) is 24.6. The molecule has 74 heavy (non-hydrogen) atoms. The Labute approximate surface area is 456 Å². The SMILES string of the molecule is C.C.CN[C@@H]1c2cc(C(=O)NCc3ccc(Cl)cc3Cl)ccc2NC(C)(C)[C@H]1O.CN[C@@H]1c2cc(C(=O)O)ccc2NC(C)(C)[C@H]1O.NCc1ccc(Cl)cc1Cl.[C-]#[N+]c1ccc2c(c1)[C@@H](NC)[C@H](O)C(C)(C)N2. The number of carbonyl (C=O) groups excluding carboxylic acids is 1. The Kier molecular flexibility index (Phi) is 22.6. The molecule has 5 aromatic carbocycles. The van der Waals surface area contributed by atoms with Crippen molar-refractivity contribution in [2.24, 2.45) is 5.73 Å². The number of nitrogens with zero attached hydrogens (tertiary/aromatic N) is 1. The molecule has 3 aliphatic rings. The molecule has 0 unspecified atom stereocenters. The van der Waals surface area contributed by atoms with Crippen molar-refractivity contribution in [3.63, 3.8) is 0 Å². The lowest BCUT2D eigenvalue weighted by Crippen LogP contribution is -2.53. The van der Waals surface area contributed by atoms with Crippen LogP contribution in [0.25, 0.3) is 4.85 Å². The number of rotatable bonds is 8. The second-order valence-corrected chi connectivity index (χ2v) is 21.0. The predicted octanol–water partition coefficient (Wildman–Crippen LogP) is 10.7. The summed E-state index contributed by atoms with van der Waals surface area (Å²) >= 11 is 23.5. The lowest BCUT2D eigenvalue weighted by Gasteiger charge is -2.43. The highest BCUT2D eigenvalue weighted by molar-refractivity contribution is 6.35. The number of likely N-dealkylation sites (N-methyl/N-ethyl adjacent to an activating group) is 3. The van der Waals surface area contributed by atoms with Crippen LogP contribution in [0, 0.1) is 6.57 Å². The zero-order valence-corrected chi connectivity index (χ0v) is 44.7. The van der Waals surface area contributed by atoms with Crippen LogP contribution in [0.2, 0.25) is 20.1 Å². The standard InChI is InChI=1S/C20H23Cl2N3O2.C13H17N3O.C13H18N2O3.C7H7Cl2N.2CH4/c1-20(2)18(26)17(23-3)14-8-11(5-7-16(14)25-20)19(27)24-10-12-4-6-13(21)9-15(12)22;1-13(2)12(17)11(15-4)9-7-8(14-3)5-6-10(9)16-13;1-13(2)11(16)10(14-3)8-6-7(12(17)18)4-5-9(8)15-13;8-6-2-1-5(4-10)7(9)3-6;;/h4-9,17-18,23,25-26H,10H2,1-3H3,(H,24,27);5-7,11-12,15-17H,1-2,4H3;4-6,10-11,14-16H,1-3H3,(H,17,18);1-3H,4,10H2;2*1H4/t17-,18+;11-,12+;10-,11+;;;/m111.../s1. The van der Waals surface area contributed by atoms with E-state index in [1.165, 1.54) is 0 Å². The van der Waals surface area contributed by atoms with E-state index in [1.54, 1.807) is 80.8 Å². The number of benzene rings is 5. The fourth-order valence-corrected chi connectivity index (χ4v) is 9.69. The molecule has 3 heterocycles. The minimum atomic E-state index is -0.966. The summed E-state index contributed by atoms with van der Waals surface area (Å²) in [6.07, 6.45) is -1.82. The Hall–Kier alpha value is -5.19. The van der Waals surface area contributed by atoms with E-state index in [4.69, 9.17) is 63.8 Å². The van der Waals surface area contributed by atoms with Gasteiger partial charge in [0.1, 0.15) is 0 Å². The topological polar surface area (TPSA) is 230 Å². The number of fused-ring (bicyclic) bond motifs is 3. The molecular weight excluding hydrogens is 1020 g/mol. The van der Waals surface area contributed by atoms with Gasteiger partial charge in [-0.3, -0.25) is 4.79 Å². The molecule has 0 bridgehead atoms. The summed E-state index contributed by atoms with van der Waals surface area (Å²) in [5.74, 6) is -1.18. The van der Waals surface area contributed by atoms with Gasteiger partial charge in [0.2, 0.25) is 0 Å². The van der Waals surface area contributed by atoms with E-state index in [-0.39, 0.29) is 50.0 Å². The van der Waals surface area contributed by atoms with Gasteiger partial charge in [-0.05, 0) is 163 Å². The molecule has 0 fully saturated rings. The second kappa shape index (κ2) is 26.5. The number of hydrogen-bond donors (Lipinski definition) is 12. The monoisotopic (exact) mass is 1100 g/mol. The summed E-state index contributed by atoms with van der Waals surface area (Å²) in [6.45, 7) is 19.4. The fourth-order valence-electron chi connectivity index (χ4n) is 8.73. The molecule has 8 rings (SSSR count). The van der Waals surface area contributed by atoms with E-state index in [2.05, 4.69) is 42.1 Å². The average molecular weight is 1100 g/mol. The maximum absolute atomic E-state index is 12.6. The number of nitrogens with two attached hydrogens (primary N) is 1. The van der Waals surface area contributed by atoms with Gasteiger partial charge >= 0.3 is 5.97 Å². The zero-order valence-electron chi connectivity index (χ0n) is 41.7. The molecule has 15 nitrogen and oxygen atoms in total. The van der Waals surface area contributed by atoms with E-state index in [0.29, 0.717) is 44.4 Å². The number of halogens is 4. The normalized spacial score (nSPS) is 20.8. The van der Waals surface area contributed by atoms with Crippen molar-refractivity contribution in [3.8, 4) is 0 Å². The molecule has 0 aromatic heterocycles. The van der Waals surface area contributed by atoms with Crippen LogP contribution in [0.1, 0.15) is 123 Å². The Morgan fingerprint density at radius 2 is 0.973 bits per heavy atom. The van der Waals surface area contributed by atoms with Gasteiger partial charge in [-0.15, -0.1) is 0 Å². The van der Waals surface area contributed by atoms with Crippen molar-refractivity contribution in [2.75, 3.05) is 37.1 Å². The van der Waals surface area contributed by atoms with Crippen LogP contribution in [0.5, 0.6) is 0 Å². The summed E-state index contributed by atoms with van der Waals surface area (Å²) in [6, 6.07) is 25.6. The Morgan fingerprint density at radius 1 is 0.595 bits per heavy atom. The number of aliphatic hydroxyl groups is 3. The maximum Gasteiger partial charge on any atom is 0.335 e. The molecule has 0 spiro atoms. The number of aliphatic hydroxyl groups excluding tert-OH is 3. The van der Waals surface area contributed by atoms with E-state index in [9.17, 15) is 24.9 Å². The minimum Gasteiger partial charge on any atom is -0.478 e. The Bertz CT molecular complexity index is 2790. The largest absolute Gasteiger partial charge is 0.478 e. The van der Waals surface area contributed by atoms with Gasteiger partial charge < -0.3 is 63.4 Å². The lowest BCUT2D eigenvalue weighted by molar-refractivity contribution is 0.0684. The van der Waals surface area contributed by atoms with Gasteiger partial charge in [0.05, 0.1) is 65.2 Å². The number of nitrogens with one attached hydrogen (secondary N) is 7. The number of carboxylic acid groups (broad SMARTS) is 1. The van der Waals surface area contributed by atoms with E-state index in [0.717, 1.165) is 44.9 Å². The highest BCUT2D eigenvalue weighted by atomic mass is 35.5. The van der Waals surface area contributed by atoms with Crippen molar-refractivity contribution in [1.29, 1.82) is 0 Å². The number of amides is 1. The third-order valence-corrected chi connectivity index (χ3v) is 14.1. The van der Waals surface area contributed by atoms with Gasteiger partial charge in [-0.2, -0.15) is 0 Å². The van der Waals surface area contributed by atoms with E-state index >= 15 is 0 Å². The molecule has 13 N–H and O–H groups in total. The molecule has 0 saturated heterocycles. The number of carbonyl (C=O) groups is 2. The molecule has 402 valence electrons. The summed E-state index contributed by atoms with van der Waals surface area (Å²) in [7, 11) is 5.38. The Balaban J connectivity index is 0.000000271. The molecular formula is C55H73Cl4N9O6. The van der Waals surface area contributed by atoms with Crippen molar-refractivity contribution >= 4 is 81.0 Å². The second-order valence-electron chi connectivity index (χ2n) is 19.3. The van der Waals surface area contributed by atoms with Crippen molar-refractivity contribution in [2.45, 2.75) is 123 Å². The summed E-state index contributed by atoms with van der Waals surface area (Å²) in [5, 5.41) is 64.7. The van der Waals surface area contributed by atoms with Crippen LogP contribution in [0.3, 0.4) is 0 Å². The highest BCUT2D eigenvalue weighted by Crippen LogP contribution is 2.41. The Morgan fingerprint density at radius 3 is 1.35 bits per heavy atom. The van der Waals surface area contributed by atoms with Crippen LogP contribution < -0.4 is 43.0 Å². The van der Waals surface area contributed by atoms with Crippen molar-refractivity contribution in [3.05, 3.63) is 161 Å². The first-order valence-electron chi connectivity index (χ1n) is 23.1. The van der Waals surface area contributed by atoms with Gasteiger partial charge in [0.25, 0.3) is 5.91 Å². The van der Waals surface area contributed by atoms with Crippen LogP contribution in [0.4, 0.5) is 22.7 Å². The number of hydrogen-bond acceptors (Lipinski definition) is 12. The van der Waals surface area contributed by atoms with Crippen molar-refractivity contribution in [1.82, 2.24) is 21.3 Å². The smallest absolute Gasteiger partial charge is 0.335 e. The molecule has 19 heteroatoms. The van der Waals surface area contributed by atoms with Crippen LogP contribution >= 0.6 is 46.4 Å². The molecule has 5 aromatic rings. The van der Waals surface area contributed by atoms with Gasteiger partial charge in [0.15, 0.2) is 5.69 Å². The van der Waals surface area contributed by atoms with E-state index in [1.807, 2.05) is 72.9 Å². The minimum absolute atomic E-state index is 0. The summed E-state index contributed by atoms with van der Waals surface area (Å²) < 4.78 is 0. The number of anilines is 3. The van der Waals surface area contributed by atoms with Crippen LogP contribution in [-0.4, -0.2) is 88.4 Å². The third kappa shape index (κ3) is 14.8. The fraction of sp³-hybridized carbons (Fsp3) is 0.400. The van der Waals surface area contributed by atoms with Gasteiger partial charge in [-0.1, -0.05) is 79.5 Å². The zero-order chi connectivity index (χ0) is 53.5. The lowest BCUT2D eigenvalue weighted by atomic mass is 9.82.